The van der Waals surface area contributed by atoms with E-state index >= 15 is 0 Å². The number of hydrogen-bond donors (Lipinski definition) is 1. The average molecular weight is 414 g/mol. The normalized spacial score (nSPS) is 20.4. The Balaban J connectivity index is 1.59. The Labute approximate surface area is 184 Å². The van der Waals surface area contributed by atoms with Crippen LogP contribution in [0, 0.1) is 12.8 Å². The summed E-state index contributed by atoms with van der Waals surface area (Å²) in [5.41, 5.74) is 7.84. The zero-order valence-electron chi connectivity index (χ0n) is 18.7. The second-order valence-electron chi connectivity index (χ2n) is 8.86. The number of nitrogens with zero attached hydrogens (tertiary/aromatic N) is 2. The Morgan fingerprint density at radius 3 is 2.71 bits per heavy atom. The first-order valence-electron chi connectivity index (χ1n) is 11.5. The molecule has 0 saturated heterocycles. The lowest BCUT2D eigenvalue weighted by atomic mass is 9.79. The molecular formula is C27H31N3O. The van der Waals surface area contributed by atoms with Gasteiger partial charge in [-0.25, -0.2) is 0 Å². The third-order valence-corrected chi connectivity index (χ3v) is 7.15. The Morgan fingerprint density at radius 1 is 1.13 bits per heavy atom. The molecule has 1 N–H and O–H groups in total. The second-order valence-corrected chi connectivity index (χ2v) is 8.86. The molecule has 0 bridgehead atoms. The maximum atomic E-state index is 13.4. The monoisotopic (exact) mass is 413 g/mol. The van der Waals surface area contributed by atoms with Crippen molar-refractivity contribution in [1.82, 2.24) is 14.8 Å². The highest BCUT2D eigenvalue weighted by atomic mass is 16.2. The Hall–Kier alpha value is -2.85. The van der Waals surface area contributed by atoms with Crippen LogP contribution in [0.1, 0.15) is 36.1 Å². The molecule has 3 aromatic rings. The highest BCUT2D eigenvalue weighted by Crippen LogP contribution is 2.42. The number of benzene rings is 2. The molecule has 160 valence electrons. The fourth-order valence-corrected chi connectivity index (χ4v) is 5.43. The van der Waals surface area contributed by atoms with E-state index in [1.165, 1.54) is 38.7 Å². The average Bonchev–Trinajstić information content (AvgIpc) is 3.21. The number of aromatic amines is 1. The molecule has 1 aliphatic heterocycles. The summed E-state index contributed by atoms with van der Waals surface area (Å²) in [4.78, 5) is 21.4. The lowest BCUT2D eigenvalue weighted by molar-refractivity contribution is -0.134. The number of H-pyrrole nitrogens is 1. The molecule has 2 aliphatic rings. The van der Waals surface area contributed by atoms with Gasteiger partial charge in [-0.05, 0) is 61.1 Å². The smallest absolute Gasteiger partial charge is 0.230 e. The van der Waals surface area contributed by atoms with E-state index in [0.717, 1.165) is 32.6 Å². The number of fused-ring (bicyclic) bond motifs is 2. The summed E-state index contributed by atoms with van der Waals surface area (Å²) in [5, 5.41) is 1.33. The van der Waals surface area contributed by atoms with E-state index < -0.39 is 0 Å². The first-order chi connectivity index (χ1) is 15.1. The summed E-state index contributed by atoms with van der Waals surface area (Å²) in [5.74, 6) is 0.142. The van der Waals surface area contributed by atoms with Crippen LogP contribution in [0.2, 0.25) is 0 Å². The van der Waals surface area contributed by atoms with Crippen molar-refractivity contribution in [2.75, 3.05) is 19.6 Å². The van der Waals surface area contributed by atoms with Gasteiger partial charge >= 0.3 is 0 Å². The van der Waals surface area contributed by atoms with Crippen molar-refractivity contribution in [3.8, 4) is 0 Å². The molecule has 1 aromatic heterocycles. The summed E-state index contributed by atoms with van der Waals surface area (Å²) in [6.07, 6.45) is 5.44. The maximum absolute atomic E-state index is 13.4. The molecule has 2 heterocycles. The van der Waals surface area contributed by atoms with Crippen molar-refractivity contribution in [2.45, 2.75) is 39.8 Å². The molecule has 1 aliphatic carbocycles. The third-order valence-electron chi connectivity index (χ3n) is 7.15. The van der Waals surface area contributed by atoms with Gasteiger partial charge in [-0.2, -0.15) is 0 Å². The van der Waals surface area contributed by atoms with Gasteiger partial charge in [0.05, 0.1) is 5.92 Å². The fourth-order valence-electron chi connectivity index (χ4n) is 5.43. The van der Waals surface area contributed by atoms with E-state index in [1.807, 2.05) is 4.90 Å². The highest BCUT2D eigenvalue weighted by Gasteiger charge is 2.38. The van der Waals surface area contributed by atoms with Gasteiger partial charge in [0.15, 0.2) is 0 Å². The lowest BCUT2D eigenvalue weighted by Crippen LogP contribution is -2.49. The number of rotatable bonds is 5. The van der Waals surface area contributed by atoms with Crippen molar-refractivity contribution in [2.24, 2.45) is 5.92 Å². The van der Waals surface area contributed by atoms with Gasteiger partial charge in [-0.1, -0.05) is 42.5 Å². The number of nitrogens with one attached hydrogen (secondary N) is 1. The third kappa shape index (κ3) is 3.39. The quantitative estimate of drug-likeness (QED) is 0.654. The minimum Gasteiger partial charge on any atom is -0.361 e. The summed E-state index contributed by atoms with van der Waals surface area (Å²) in [6.45, 7) is 9.47. The molecule has 0 spiro atoms. The number of carbonyl (C=O) groups excluding carboxylic acids is 1. The molecule has 1 amide bonds. The molecule has 4 nitrogen and oxygen atoms in total. The van der Waals surface area contributed by atoms with E-state index in [2.05, 4.69) is 85.4 Å². The van der Waals surface area contributed by atoms with Crippen LogP contribution in [0.5, 0.6) is 0 Å². The minimum atomic E-state index is -0.106. The SMILES string of the molecule is CCN(CC)C(=O)C1C=C2c3cccc4[nH]cc(c34)CC2N(Cc2ccccc2C)C1. The molecule has 2 unspecified atom stereocenters. The molecule has 0 fully saturated rings. The van der Waals surface area contributed by atoms with Gasteiger partial charge in [0.1, 0.15) is 0 Å². The maximum Gasteiger partial charge on any atom is 0.230 e. The van der Waals surface area contributed by atoms with Gasteiger partial charge in [-0.3, -0.25) is 9.69 Å². The molecule has 4 heteroatoms. The first-order valence-corrected chi connectivity index (χ1v) is 11.5. The van der Waals surface area contributed by atoms with Crippen LogP contribution < -0.4 is 0 Å². The first kappa shape index (κ1) is 20.1. The largest absolute Gasteiger partial charge is 0.361 e. The van der Waals surface area contributed by atoms with E-state index in [9.17, 15) is 4.79 Å². The van der Waals surface area contributed by atoms with Gasteiger partial charge < -0.3 is 9.88 Å². The number of carbonyl (C=O) groups is 1. The van der Waals surface area contributed by atoms with Crippen LogP contribution in [0.15, 0.2) is 54.7 Å². The zero-order valence-corrected chi connectivity index (χ0v) is 18.7. The number of hydrogen-bond acceptors (Lipinski definition) is 2. The standard InChI is InChI=1S/C27H31N3O/c1-4-29(5-2)27(31)21-13-23-22-11-8-12-24-26(22)20(15-28-24)14-25(23)30(17-21)16-19-10-7-6-9-18(19)3/h6-13,15,21,25,28H,4-5,14,16-17H2,1-3H3. The van der Waals surface area contributed by atoms with Crippen LogP contribution in [-0.4, -0.2) is 46.4 Å². The Morgan fingerprint density at radius 2 is 1.94 bits per heavy atom. The van der Waals surface area contributed by atoms with Crippen LogP contribution in [0.4, 0.5) is 0 Å². The summed E-state index contributed by atoms with van der Waals surface area (Å²) < 4.78 is 0. The molecule has 2 atom stereocenters. The molecule has 2 aromatic carbocycles. The topological polar surface area (TPSA) is 39.3 Å². The van der Waals surface area contributed by atoms with Crippen molar-refractivity contribution in [1.29, 1.82) is 0 Å². The van der Waals surface area contributed by atoms with Crippen LogP contribution in [0.3, 0.4) is 0 Å². The summed E-state index contributed by atoms with van der Waals surface area (Å²) in [7, 11) is 0. The van der Waals surface area contributed by atoms with Gasteiger partial charge in [0.25, 0.3) is 0 Å². The molecule has 5 rings (SSSR count). The van der Waals surface area contributed by atoms with Crippen LogP contribution in [-0.2, 0) is 17.8 Å². The predicted molar refractivity (Wildman–Crippen MR) is 127 cm³/mol. The van der Waals surface area contributed by atoms with Crippen molar-refractivity contribution >= 4 is 22.4 Å². The van der Waals surface area contributed by atoms with Crippen molar-refractivity contribution in [3.05, 3.63) is 77.0 Å². The van der Waals surface area contributed by atoms with E-state index in [1.54, 1.807) is 0 Å². The lowest BCUT2D eigenvalue weighted by Gasteiger charge is -2.42. The van der Waals surface area contributed by atoms with E-state index in [-0.39, 0.29) is 11.8 Å². The molecule has 0 saturated carbocycles. The predicted octanol–water partition coefficient (Wildman–Crippen LogP) is 4.78. The van der Waals surface area contributed by atoms with E-state index in [4.69, 9.17) is 0 Å². The minimum absolute atomic E-state index is 0.106. The van der Waals surface area contributed by atoms with Crippen molar-refractivity contribution < 1.29 is 4.79 Å². The fraction of sp³-hybridized carbons (Fsp3) is 0.370. The highest BCUT2D eigenvalue weighted by molar-refractivity contribution is 5.99. The van der Waals surface area contributed by atoms with Gasteiger partial charge in [-0.15, -0.1) is 0 Å². The van der Waals surface area contributed by atoms with Crippen LogP contribution >= 0.6 is 0 Å². The van der Waals surface area contributed by atoms with Gasteiger partial charge in [0, 0.05) is 49.3 Å². The number of aryl methyl sites for hydroxylation is 1. The molecule has 0 radical (unpaired) electrons. The molecule has 31 heavy (non-hydrogen) atoms. The number of aromatic nitrogens is 1. The summed E-state index contributed by atoms with van der Waals surface area (Å²) >= 11 is 0. The number of amides is 1. The second kappa shape index (κ2) is 8.01. The van der Waals surface area contributed by atoms with Crippen LogP contribution in [0.25, 0.3) is 16.5 Å². The van der Waals surface area contributed by atoms with E-state index in [0.29, 0.717) is 6.04 Å². The Bertz CT molecular complexity index is 1150. The van der Waals surface area contributed by atoms with Gasteiger partial charge in [0.2, 0.25) is 5.91 Å². The zero-order chi connectivity index (χ0) is 21.5. The van der Waals surface area contributed by atoms with Crippen molar-refractivity contribution in [3.63, 3.8) is 0 Å². The molecular weight excluding hydrogens is 382 g/mol. The summed E-state index contributed by atoms with van der Waals surface area (Å²) in [6, 6.07) is 15.4. The Kier molecular flexibility index (Phi) is 5.19.